The van der Waals surface area contributed by atoms with E-state index in [0.29, 0.717) is 24.3 Å². The summed E-state index contributed by atoms with van der Waals surface area (Å²) >= 11 is 0. The van der Waals surface area contributed by atoms with Gasteiger partial charge < -0.3 is 10.6 Å². The van der Waals surface area contributed by atoms with Gasteiger partial charge in [-0.25, -0.2) is 9.18 Å². The molecular formula is C16H16FN3O. The number of hydrogen-bond acceptors (Lipinski definition) is 2. The number of nitrogens with two attached hydrogens (primary N) is 1. The van der Waals surface area contributed by atoms with E-state index in [4.69, 9.17) is 5.73 Å². The monoisotopic (exact) mass is 285 g/mol. The van der Waals surface area contributed by atoms with Crippen molar-refractivity contribution in [3.05, 3.63) is 59.4 Å². The summed E-state index contributed by atoms with van der Waals surface area (Å²) < 4.78 is 13.5. The molecule has 108 valence electrons. The van der Waals surface area contributed by atoms with Gasteiger partial charge in [0.15, 0.2) is 0 Å². The van der Waals surface area contributed by atoms with Crippen LogP contribution < -0.4 is 10.6 Å². The van der Waals surface area contributed by atoms with Gasteiger partial charge in [-0.2, -0.15) is 0 Å². The maximum absolute atomic E-state index is 13.5. The zero-order valence-electron chi connectivity index (χ0n) is 11.7. The number of para-hydroxylation sites is 1. The summed E-state index contributed by atoms with van der Waals surface area (Å²) in [6.45, 7) is 0.874. The third-order valence-electron chi connectivity index (χ3n) is 3.57. The van der Waals surface area contributed by atoms with Gasteiger partial charge in [0.25, 0.3) is 0 Å². The summed E-state index contributed by atoms with van der Waals surface area (Å²) in [7, 11) is 1.76. The van der Waals surface area contributed by atoms with Crippen molar-refractivity contribution in [1.82, 2.24) is 4.90 Å². The molecule has 0 fully saturated rings. The van der Waals surface area contributed by atoms with Crippen molar-refractivity contribution in [3.63, 3.8) is 0 Å². The summed E-state index contributed by atoms with van der Waals surface area (Å²) in [6, 6.07) is 12.0. The van der Waals surface area contributed by atoms with E-state index in [-0.39, 0.29) is 6.03 Å². The zero-order valence-corrected chi connectivity index (χ0v) is 11.7. The first-order chi connectivity index (χ1) is 10.0. The number of hydrogen-bond donors (Lipinski definition) is 1. The molecule has 2 aromatic rings. The van der Waals surface area contributed by atoms with Crippen LogP contribution >= 0.6 is 0 Å². The van der Waals surface area contributed by atoms with Crippen molar-refractivity contribution in [2.24, 2.45) is 0 Å². The number of carbonyl (C=O) groups is 1. The standard InChI is InChI=1S/C16H16FN3O/c1-19-10-12-4-2-3-5-15(12)20(16(19)21)9-11-6-13(17)8-14(18)7-11/h2-8H,9-10,18H2,1H3. The summed E-state index contributed by atoms with van der Waals surface area (Å²) in [5, 5.41) is 0. The van der Waals surface area contributed by atoms with E-state index in [9.17, 15) is 9.18 Å². The molecule has 2 amide bonds. The molecule has 0 bridgehead atoms. The highest BCUT2D eigenvalue weighted by molar-refractivity contribution is 5.94. The van der Waals surface area contributed by atoms with Gasteiger partial charge in [-0.05, 0) is 35.4 Å². The molecule has 4 nitrogen and oxygen atoms in total. The van der Waals surface area contributed by atoms with E-state index in [1.165, 1.54) is 12.1 Å². The Balaban J connectivity index is 1.98. The minimum Gasteiger partial charge on any atom is -0.399 e. The van der Waals surface area contributed by atoms with Crippen LogP contribution in [0, 0.1) is 5.82 Å². The number of carbonyl (C=O) groups excluding carboxylic acids is 1. The smallest absolute Gasteiger partial charge is 0.324 e. The molecule has 2 aromatic carbocycles. The summed E-state index contributed by atoms with van der Waals surface area (Å²) in [6.07, 6.45) is 0. The SMILES string of the molecule is CN1Cc2ccccc2N(Cc2cc(N)cc(F)c2)C1=O. The van der Waals surface area contributed by atoms with Crippen molar-refractivity contribution in [3.8, 4) is 0 Å². The lowest BCUT2D eigenvalue weighted by atomic mass is 10.1. The predicted octanol–water partition coefficient (Wildman–Crippen LogP) is 2.98. The van der Waals surface area contributed by atoms with E-state index in [0.717, 1.165) is 11.3 Å². The summed E-state index contributed by atoms with van der Waals surface area (Å²) in [5.74, 6) is -0.393. The highest BCUT2D eigenvalue weighted by Gasteiger charge is 2.27. The Bertz CT molecular complexity index is 681. The number of halogens is 1. The molecule has 0 aliphatic carbocycles. The Morgan fingerprint density at radius 2 is 2.00 bits per heavy atom. The van der Waals surface area contributed by atoms with Crippen LogP contribution in [0.15, 0.2) is 42.5 Å². The van der Waals surface area contributed by atoms with Gasteiger partial charge in [0.05, 0.1) is 12.2 Å². The van der Waals surface area contributed by atoms with Crippen LogP contribution in [0.1, 0.15) is 11.1 Å². The molecule has 3 rings (SSSR count). The molecule has 0 aromatic heterocycles. The van der Waals surface area contributed by atoms with Crippen LogP contribution in [0.5, 0.6) is 0 Å². The Morgan fingerprint density at radius 3 is 2.76 bits per heavy atom. The molecule has 1 aliphatic heterocycles. The lowest BCUT2D eigenvalue weighted by Crippen LogP contribution is -2.44. The topological polar surface area (TPSA) is 49.6 Å². The molecule has 21 heavy (non-hydrogen) atoms. The van der Waals surface area contributed by atoms with Gasteiger partial charge >= 0.3 is 6.03 Å². The van der Waals surface area contributed by atoms with Crippen LogP contribution in [0.3, 0.4) is 0 Å². The van der Waals surface area contributed by atoms with Crippen molar-refractivity contribution in [2.45, 2.75) is 13.1 Å². The normalized spacial score (nSPS) is 14.3. The number of rotatable bonds is 2. The molecule has 0 radical (unpaired) electrons. The molecular weight excluding hydrogens is 269 g/mol. The van der Waals surface area contributed by atoms with Crippen LogP contribution in [0.4, 0.5) is 20.6 Å². The van der Waals surface area contributed by atoms with E-state index in [1.807, 2.05) is 24.3 Å². The number of fused-ring (bicyclic) bond motifs is 1. The van der Waals surface area contributed by atoms with Crippen molar-refractivity contribution >= 4 is 17.4 Å². The number of nitrogen functional groups attached to an aromatic ring is 1. The molecule has 0 saturated carbocycles. The van der Waals surface area contributed by atoms with Gasteiger partial charge in [0, 0.05) is 19.3 Å². The van der Waals surface area contributed by atoms with Crippen molar-refractivity contribution < 1.29 is 9.18 Å². The fourth-order valence-electron chi connectivity index (χ4n) is 2.64. The number of anilines is 2. The Labute approximate surface area is 122 Å². The fourth-order valence-corrected chi connectivity index (χ4v) is 2.64. The largest absolute Gasteiger partial charge is 0.399 e. The van der Waals surface area contributed by atoms with E-state index < -0.39 is 5.82 Å². The second kappa shape index (κ2) is 5.09. The Kier molecular flexibility index (Phi) is 3.25. The average molecular weight is 285 g/mol. The highest BCUT2D eigenvalue weighted by atomic mass is 19.1. The molecule has 5 heteroatoms. The third kappa shape index (κ3) is 2.54. The molecule has 1 heterocycles. The number of benzene rings is 2. The minimum atomic E-state index is -0.393. The van der Waals surface area contributed by atoms with Crippen LogP contribution in [-0.2, 0) is 13.1 Å². The Morgan fingerprint density at radius 1 is 1.24 bits per heavy atom. The lowest BCUT2D eigenvalue weighted by molar-refractivity contribution is 0.210. The first-order valence-electron chi connectivity index (χ1n) is 6.70. The van der Waals surface area contributed by atoms with Gasteiger partial charge in [-0.3, -0.25) is 4.90 Å². The van der Waals surface area contributed by atoms with Crippen LogP contribution in [0.2, 0.25) is 0 Å². The average Bonchev–Trinajstić information content (AvgIpc) is 2.43. The predicted molar refractivity (Wildman–Crippen MR) is 80.3 cm³/mol. The van der Waals surface area contributed by atoms with Gasteiger partial charge in [0.1, 0.15) is 5.82 Å². The first-order valence-corrected chi connectivity index (χ1v) is 6.70. The van der Waals surface area contributed by atoms with Gasteiger partial charge in [0.2, 0.25) is 0 Å². The van der Waals surface area contributed by atoms with E-state index in [1.54, 1.807) is 22.9 Å². The van der Waals surface area contributed by atoms with Crippen molar-refractivity contribution in [2.75, 3.05) is 17.7 Å². The first kappa shape index (κ1) is 13.4. The zero-order chi connectivity index (χ0) is 15.0. The maximum Gasteiger partial charge on any atom is 0.324 e. The Hall–Kier alpha value is -2.56. The molecule has 2 N–H and O–H groups in total. The summed E-state index contributed by atoms with van der Waals surface area (Å²) in [4.78, 5) is 15.7. The van der Waals surface area contributed by atoms with E-state index in [2.05, 4.69) is 0 Å². The highest BCUT2D eigenvalue weighted by Crippen LogP contribution is 2.29. The second-order valence-corrected chi connectivity index (χ2v) is 5.25. The van der Waals surface area contributed by atoms with Crippen LogP contribution in [-0.4, -0.2) is 18.0 Å². The van der Waals surface area contributed by atoms with Crippen molar-refractivity contribution in [1.29, 1.82) is 0 Å². The summed E-state index contributed by atoms with van der Waals surface area (Å²) in [5.41, 5.74) is 8.63. The maximum atomic E-state index is 13.5. The number of urea groups is 1. The minimum absolute atomic E-state index is 0.100. The number of nitrogens with zero attached hydrogens (tertiary/aromatic N) is 2. The molecule has 0 spiro atoms. The van der Waals surface area contributed by atoms with Gasteiger partial charge in [-0.1, -0.05) is 18.2 Å². The molecule has 0 unspecified atom stereocenters. The molecule has 1 aliphatic rings. The molecule has 0 saturated heterocycles. The third-order valence-corrected chi connectivity index (χ3v) is 3.57. The quantitative estimate of drug-likeness (QED) is 0.862. The second-order valence-electron chi connectivity index (χ2n) is 5.25. The molecule has 0 atom stereocenters. The van der Waals surface area contributed by atoms with E-state index >= 15 is 0 Å². The van der Waals surface area contributed by atoms with Gasteiger partial charge in [-0.15, -0.1) is 0 Å². The van der Waals surface area contributed by atoms with Crippen LogP contribution in [0.25, 0.3) is 0 Å². The number of amides is 2. The fraction of sp³-hybridized carbons (Fsp3) is 0.188. The lowest BCUT2D eigenvalue weighted by Gasteiger charge is -2.35.